The quantitative estimate of drug-likeness (QED) is 0.759. The summed E-state index contributed by atoms with van der Waals surface area (Å²) in [6, 6.07) is -0.114. The summed E-state index contributed by atoms with van der Waals surface area (Å²) in [5.74, 6) is 0.421. The van der Waals surface area contributed by atoms with E-state index < -0.39 is 0 Å². The van der Waals surface area contributed by atoms with Crippen LogP contribution in [0.25, 0.3) is 0 Å². The van der Waals surface area contributed by atoms with Gasteiger partial charge in [-0.2, -0.15) is 0 Å². The van der Waals surface area contributed by atoms with E-state index in [0.29, 0.717) is 25.0 Å². The highest BCUT2D eigenvalue weighted by Crippen LogP contribution is 2.39. The summed E-state index contributed by atoms with van der Waals surface area (Å²) in [6.45, 7) is 0.756. The first kappa shape index (κ1) is 10.7. The van der Waals surface area contributed by atoms with Gasteiger partial charge in [-0.05, 0) is 12.8 Å². The maximum atomic E-state index is 11.8. The van der Waals surface area contributed by atoms with E-state index in [1.165, 1.54) is 0 Å². The summed E-state index contributed by atoms with van der Waals surface area (Å²) < 4.78 is 10.5. The third-order valence-corrected chi connectivity index (χ3v) is 3.06. The number of anilines is 1. The molecule has 1 aromatic rings. The third-order valence-electron chi connectivity index (χ3n) is 3.06. The number of carbonyl (C=O) groups is 1. The largest absolute Gasteiger partial charge is 0.408 e. The summed E-state index contributed by atoms with van der Waals surface area (Å²) in [6.07, 6.45) is 2.16. The predicted octanol–water partition coefficient (Wildman–Crippen LogP) is -0.141. The van der Waals surface area contributed by atoms with E-state index in [1.54, 1.807) is 0 Å². The molecule has 7 heteroatoms. The molecule has 1 saturated carbocycles. The van der Waals surface area contributed by atoms with Gasteiger partial charge in [0.25, 0.3) is 0 Å². The molecule has 2 unspecified atom stereocenters. The molecular formula is C10H14N4O3. The van der Waals surface area contributed by atoms with Gasteiger partial charge in [0.05, 0.1) is 19.1 Å². The molecule has 92 valence electrons. The molecule has 0 spiro atoms. The number of aromatic nitrogens is 2. The number of nitrogens with one attached hydrogen (secondary N) is 1. The molecule has 0 bridgehead atoms. The molecule has 0 aromatic carbocycles. The van der Waals surface area contributed by atoms with Crippen molar-refractivity contribution in [1.82, 2.24) is 10.2 Å². The number of hydrogen-bond donors (Lipinski definition) is 2. The molecular weight excluding hydrogens is 224 g/mol. The van der Waals surface area contributed by atoms with Crippen molar-refractivity contribution in [3.05, 3.63) is 5.89 Å². The number of hydrogen-bond acceptors (Lipinski definition) is 6. The summed E-state index contributed by atoms with van der Waals surface area (Å²) in [4.78, 5) is 11.8. The van der Waals surface area contributed by atoms with Crippen molar-refractivity contribution in [3.8, 4) is 0 Å². The molecule has 3 N–H and O–H groups in total. The fraction of sp³-hybridized carbons (Fsp3) is 0.700. The second-order valence-corrected chi connectivity index (χ2v) is 4.52. The molecule has 7 nitrogen and oxygen atoms in total. The van der Waals surface area contributed by atoms with Crippen molar-refractivity contribution < 1.29 is 13.9 Å². The van der Waals surface area contributed by atoms with Crippen molar-refractivity contribution >= 4 is 11.9 Å². The lowest BCUT2D eigenvalue weighted by Crippen LogP contribution is -2.37. The van der Waals surface area contributed by atoms with Crippen LogP contribution < -0.4 is 11.1 Å². The minimum atomic E-state index is -0.341. The van der Waals surface area contributed by atoms with E-state index in [-0.39, 0.29) is 23.9 Å². The van der Waals surface area contributed by atoms with Gasteiger partial charge in [-0.15, -0.1) is 5.10 Å². The van der Waals surface area contributed by atoms with Gasteiger partial charge in [-0.1, -0.05) is 5.10 Å². The number of carbonyl (C=O) groups excluding carboxylic acids is 1. The lowest BCUT2D eigenvalue weighted by atomic mass is 10.0. The van der Waals surface area contributed by atoms with Gasteiger partial charge in [0, 0.05) is 12.0 Å². The Bertz CT molecular complexity index is 429. The van der Waals surface area contributed by atoms with Crippen LogP contribution in [0.5, 0.6) is 0 Å². The van der Waals surface area contributed by atoms with Crippen LogP contribution in [0, 0.1) is 5.92 Å². The van der Waals surface area contributed by atoms with E-state index in [0.717, 1.165) is 12.8 Å². The number of nitrogens with zero attached hydrogens (tertiary/aromatic N) is 2. The van der Waals surface area contributed by atoms with E-state index in [2.05, 4.69) is 15.5 Å². The summed E-state index contributed by atoms with van der Waals surface area (Å²) in [5, 5.41) is 10.2. The standard InChI is InChI=1S/C10H14N4O3/c11-7-4-16-3-6(7)8(15)12-10-14-13-9(17-10)5-1-2-5/h5-7H,1-4,11H2,(H,12,14,15). The molecule has 1 aromatic heterocycles. The monoisotopic (exact) mass is 238 g/mol. The van der Waals surface area contributed by atoms with Crippen LogP contribution in [0.15, 0.2) is 4.42 Å². The smallest absolute Gasteiger partial charge is 0.322 e. The third kappa shape index (κ3) is 2.16. The lowest BCUT2D eigenvalue weighted by Gasteiger charge is -2.10. The first-order valence-corrected chi connectivity index (χ1v) is 5.71. The van der Waals surface area contributed by atoms with Gasteiger partial charge in [-0.25, -0.2) is 0 Å². The van der Waals surface area contributed by atoms with Gasteiger partial charge >= 0.3 is 6.01 Å². The van der Waals surface area contributed by atoms with E-state index in [1.807, 2.05) is 0 Å². The van der Waals surface area contributed by atoms with Crippen molar-refractivity contribution in [1.29, 1.82) is 0 Å². The van der Waals surface area contributed by atoms with Crippen molar-refractivity contribution in [2.45, 2.75) is 24.8 Å². The fourth-order valence-corrected chi connectivity index (χ4v) is 1.82. The Hall–Kier alpha value is -1.47. The number of ether oxygens (including phenoxy) is 1. The van der Waals surface area contributed by atoms with Gasteiger partial charge in [0.15, 0.2) is 0 Å². The van der Waals surface area contributed by atoms with Crippen LogP contribution in [0.4, 0.5) is 6.01 Å². The normalized spacial score (nSPS) is 28.3. The molecule has 1 saturated heterocycles. The zero-order valence-electron chi connectivity index (χ0n) is 9.26. The highest BCUT2D eigenvalue weighted by molar-refractivity contribution is 5.91. The minimum Gasteiger partial charge on any atom is -0.408 e. The number of rotatable bonds is 3. The zero-order valence-corrected chi connectivity index (χ0v) is 9.26. The predicted molar refractivity (Wildman–Crippen MR) is 57.2 cm³/mol. The molecule has 2 atom stereocenters. The average molecular weight is 238 g/mol. The summed E-state index contributed by atoms with van der Waals surface area (Å²) in [7, 11) is 0. The van der Waals surface area contributed by atoms with E-state index >= 15 is 0 Å². The highest BCUT2D eigenvalue weighted by Gasteiger charge is 2.33. The Kier molecular flexibility index (Phi) is 2.56. The zero-order chi connectivity index (χ0) is 11.8. The van der Waals surface area contributed by atoms with Crippen molar-refractivity contribution in [2.24, 2.45) is 11.7 Å². The molecule has 2 fully saturated rings. The van der Waals surface area contributed by atoms with Gasteiger partial charge in [0.2, 0.25) is 11.8 Å². The molecule has 2 heterocycles. The Morgan fingerprint density at radius 2 is 2.18 bits per heavy atom. The minimum absolute atomic E-state index is 0.149. The second-order valence-electron chi connectivity index (χ2n) is 4.52. The Balaban J connectivity index is 1.63. The molecule has 3 rings (SSSR count). The van der Waals surface area contributed by atoms with Gasteiger partial charge < -0.3 is 14.9 Å². The number of amides is 1. The van der Waals surface area contributed by atoms with Gasteiger partial charge in [-0.3, -0.25) is 10.1 Å². The highest BCUT2D eigenvalue weighted by atomic mass is 16.5. The number of nitrogens with two attached hydrogens (primary N) is 1. The van der Waals surface area contributed by atoms with Crippen LogP contribution in [-0.2, 0) is 9.53 Å². The second kappa shape index (κ2) is 4.08. The SMILES string of the molecule is NC1COCC1C(=O)Nc1nnc(C2CC2)o1. The maximum absolute atomic E-state index is 11.8. The fourth-order valence-electron chi connectivity index (χ4n) is 1.82. The van der Waals surface area contributed by atoms with Crippen LogP contribution in [0.1, 0.15) is 24.7 Å². The molecule has 0 radical (unpaired) electrons. The van der Waals surface area contributed by atoms with E-state index in [4.69, 9.17) is 14.9 Å². The summed E-state index contributed by atoms with van der Waals surface area (Å²) in [5.41, 5.74) is 5.74. The van der Waals surface area contributed by atoms with Gasteiger partial charge in [0.1, 0.15) is 0 Å². The molecule has 1 aliphatic carbocycles. The first-order chi connectivity index (χ1) is 8.24. The summed E-state index contributed by atoms with van der Waals surface area (Å²) >= 11 is 0. The Labute approximate surface area is 97.7 Å². The lowest BCUT2D eigenvalue weighted by molar-refractivity contribution is -0.120. The Morgan fingerprint density at radius 3 is 2.82 bits per heavy atom. The average Bonchev–Trinajstić information content (AvgIpc) is 2.90. The van der Waals surface area contributed by atoms with Crippen LogP contribution >= 0.6 is 0 Å². The van der Waals surface area contributed by atoms with Crippen LogP contribution in [0.2, 0.25) is 0 Å². The van der Waals surface area contributed by atoms with Crippen molar-refractivity contribution in [2.75, 3.05) is 18.5 Å². The Morgan fingerprint density at radius 1 is 1.35 bits per heavy atom. The molecule has 17 heavy (non-hydrogen) atoms. The molecule has 1 amide bonds. The van der Waals surface area contributed by atoms with E-state index in [9.17, 15) is 4.79 Å². The van der Waals surface area contributed by atoms with Crippen LogP contribution in [0.3, 0.4) is 0 Å². The topological polar surface area (TPSA) is 103 Å². The molecule has 2 aliphatic rings. The molecule has 1 aliphatic heterocycles. The van der Waals surface area contributed by atoms with Crippen LogP contribution in [-0.4, -0.2) is 35.4 Å². The van der Waals surface area contributed by atoms with Crippen molar-refractivity contribution in [3.63, 3.8) is 0 Å². The maximum Gasteiger partial charge on any atom is 0.322 e. The first-order valence-electron chi connectivity index (χ1n) is 5.71.